The van der Waals surface area contributed by atoms with E-state index in [-0.39, 0.29) is 11.9 Å². The molecule has 0 bridgehead atoms. The molecule has 1 amide bonds. The van der Waals surface area contributed by atoms with Gasteiger partial charge in [0, 0.05) is 19.1 Å². The molecule has 2 aromatic rings. The molecule has 0 spiro atoms. The molecular weight excluding hydrogens is 374 g/mol. The number of nitrogens with one attached hydrogen (secondary N) is 1. The second kappa shape index (κ2) is 10.5. The van der Waals surface area contributed by atoms with E-state index in [2.05, 4.69) is 38.8 Å². The summed E-state index contributed by atoms with van der Waals surface area (Å²) in [5.74, 6) is 2.11. The quantitative estimate of drug-likeness (QED) is 0.454. The van der Waals surface area contributed by atoms with Crippen molar-refractivity contribution in [3.63, 3.8) is 0 Å². The van der Waals surface area contributed by atoms with Crippen LogP contribution in [0.4, 0.5) is 5.95 Å². The lowest BCUT2D eigenvalue weighted by atomic mass is 10.1. The molecule has 1 unspecified atom stereocenters. The van der Waals surface area contributed by atoms with Crippen LogP contribution < -0.4 is 10.2 Å². The van der Waals surface area contributed by atoms with E-state index in [0.29, 0.717) is 12.3 Å². The van der Waals surface area contributed by atoms with Crippen LogP contribution in [0.3, 0.4) is 0 Å². The van der Waals surface area contributed by atoms with Crippen molar-refractivity contribution in [3.8, 4) is 0 Å². The largest absolute Gasteiger partial charge is 0.467 e. The standard InChI is InChI=1S/C20H31N5O2S/c1-3-4-5-9-16(2)21-18(26)15-28-20-23-22-19(24-11-6-7-12-24)25(20)14-17-10-8-13-27-17/h8,10,13,16H,3-7,9,11-12,14-15H2,1-2H3,(H,21,26). The predicted octanol–water partition coefficient (Wildman–Crippen LogP) is 3.70. The molecule has 1 fully saturated rings. The Balaban J connectivity index is 1.60. The number of amides is 1. The van der Waals surface area contributed by atoms with Crippen molar-refractivity contribution in [2.75, 3.05) is 23.7 Å². The Bertz CT molecular complexity index is 725. The Morgan fingerprint density at radius 3 is 2.86 bits per heavy atom. The fourth-order valence-corrected chi connectivity index (χ4v) is 4.20. The van der Waals surface area contributed by atoms with E-state index in [1.54, 1.807) is 6.26 Å². The first kappa shape index (κ1) is 20.8. The van der Waals surface area contributed by atoms with Crippen LogP contribution in [0.25, 0.3) is 0 Å². The molecule has 7 nitrogen and oxygen atoms in total. The number of aromatic nitrogens is 3. The molecule has 1 aliphatic rings. The maximum Gasteiger partial charge on any atom is 0.230 e. The van der Waals surface area contributed by atoms with Gasteiger partial charge < -0.3 is 14.6 Å². The third-order valence-electron chi connectivity index (χ3n) is 4.96. The molecular formula is C20H31N5O2S. The summed E-state index contributed by atoms with van der Waals surface area (Å²) in [7, 11) is 0. The van der Waals surface area contributed by atoms with Crippen LogP contribution in [0.5, 0.6) is 0 Å². The number of furan rings is 1. The molecule has 0 saturated carbocycles. The van der Waals surface area contributed by atoms with Gasteiger partial charge in [-0.2, -0.15) is 0 Å². The average molecular weight is 406 g/mol. The van der Waals surface area contributed by atoms with Crippen LogP contribution in [0.2, 0.25) is 0 Å². The summed E-state index contributed by atoms with van der Waals surface area (Å²) in [6.45, 7) is 6.83. The van der Waals surface area contributed by atoms with E-state index in [9.17, 15) is 4.79 Å². The number of thioether (sulfide) groups is 1. The zero-order valence-corrected chi connectivity index (χ0v) is 17.7. The van der Waals surface area contributed by atoms with Crippen molar-refractivity contribution < 1.29 is 9.21 Å². The van der Waals surface area contributed by atoms with Crippen LogP contribution >= 0.6 is 11.8 Å². The van der Waals surface area contributed by atoms with Gasteiger partial charge in [-0.15, -0.1) is 10.2 Å². The summed E-state index contributed by atoms with van der Waals surface area (Å²) in [5, 5.41) is 12.6. The van der Waals surface area contributed by atoms with Crippen LogP contribution in [-0.4, -0.2) is 45.6 Å². The van der Waals surface area contributed by atoms with Crippen molar-refractivity contribution in [1.29, 1.82) is 0 Å². The Morgan fingerprint density at radius 1 is 1.32 bits per heavy atom. The minimum atomic E-state index is 0.0456. The summed E-state index contributed by atoms with van der Waals surface area (Å²) in [6, 6.07) is 4.04. The van der Waals surface area contributed by atoms with Gasteiger partial charge in [0.15, 0.2) is 5.16 Å². The molecule has 0 radical (unpaired) electrons. The van der Waals surface area contributed by atoms with Gasteiger partial charge in [0.1, 0.15) is 5.76 Å². The van der Waals surface area contributed by atoms with Gasteiger partial charge in [-0.3, -0.25) is 9.36 Å². The number of nitrogens with zero attached hydrogens (tertiary/aromatic N) is 4. The number of hydrogen-bond acceptors (Lipinski definition) is 6. The Morgan fingerprint density at radius 2 is 2.14 bits per heavy atom. The smallest absolute Gasteiger partial charge is 0.230 e. The van der Waals surface area contributed by atoms with Crippen molar-refractivity contribution in [1.82, 2.24) is 20.1 Å². The second-order valence-electron chi connectivity index (χ2n) is 7.40. The Labute approximate surface area is 171 Å². The topological polar surface area (TPSA) is 76.2 Å². The molecule has 3 heterocycles. The summed E-state index contributed by atoms with van der Waals surface area (Å²) < 4.78 is 7.58. The zero-order chi connectivity index (χ0) is 19.8. The van der Waals surface area contributed by atoms with Crippen molar-refractivity contribution in [2.45, 2.75) is 70.1 Å². The van der Waals surface area contributed by atoms with Crippen molar-refractivity contribution in [2.24, 2.45) is 0 Å². The van der Waals surface area contributed by atoms with Gasteiger partial charge in [-0.25, -0.2) is 0 Å². The van der Waals surface area contributed by atoms with Gasteiger partial charge in [0.05, 0.1) is 18.6 Å². The first-order valence-electron chi connectivity index (χ1n) is 10.3. The predicted molar refractivity (Wildman–Crippen MR) is 112 cm³/mol. The minimum absolute atomic E-state index is 0.0456. The van der Waals surface area contributed by atoms with Crippen LogP contribution in [0.15, 0.2) is 28.0 Å². The lowest BCUT2D eigenvalue weighted by Gasteiger charge is -2.18. The van der Waals surface area contributed by atoms with Crippen LogP contribution in [0, 0.1) is 0 Å². The van der Waals surface area contributed by atoms with Crippen LogP contribution in [0.1, 0.15) is 58.1 Å². The molecule has 1 atom stereocenters. The Hall–Kier alpha value is -1.96. The van der Waals surface area contributed by atoms with Crippen molar-refractivity contribution in [3.05, 3.63) is 24.2 Å². The van der Waals surface area contributed by atoms with Gasteiger partial charge >= 0.3 is 0 Å². The van der Waals surface area contributed by atoms with E-state index in [4.69, 9.17) is 4.42 Å². The molecule has 1 saturated heterocycles. The lowest BCUT2D eigenvalue weighted by molar-refractivity contribution is -0.119. The van der Waals surface area contributed by atoms with E-state index in [1.807, 2.05) is 12.1 Å². The number of rotatable bonds is 11. The minimum Gasteiger partial charge on any atom is -0.467 e. The highest BCUT2D eigenvalue weighted by Crippen LogP contribution is 2.26. The number of carbonyl (C=O) groups excluding carboxylic acids is 1. The third kappa shape index (κ3) is 5.77. The first-order chi connectivity index (χ1) is 13.7. The number of anilines is 1. The van der Waals surface area contributed by atoms with E-state index in [1.165, 1.54) is 37.4 Å². The monoisotopic (exact) mass is 405 g/mol. The summed E-state index contributed by atoms with van der Waals surface area (Å²) in [4.78, 5) is 14.6. The molecule has 3 rings (SSSR count). The van der Waals surface area contributed by atoms with Gasteiger partial charge in [0.25, 0.3) is 0 Å². The molecule has 2 aromatic heterocycles. The fourth-order valence-electron chi connectivity index (χ4n) is 3.45. The molecule has 8 heteroatoms. The van der Waals surface area contributed by atoms with Crippen molar-refractivity contribution >= 4 is 23.6 Å². The summed E-state index contributed by atoms with van der Waals surface area (Å²) in [6.07, 6.45) is 8.61. The van der Waals surface area contributed by atoms with E-state index < -0.39 is 0 Å². The zero-order valence-electron chi connectivity index (χ0n) is 16.9. The molecule has 28 heavy (non-hydrogen) atoms. The average Bonchev–Trinajstić information content (AvgIpc) is 3.43. The SMILES string of the molecule is CCCCCC(C)NC(=O)CSc1nnc(N2CCCC2)n1Cc1ccco1. The highest BCUT2D eigenvalue weighted by atomic mass is 32.2. The van der Waals surface area contributed by atoms with Crippen LogP contribution in [-0.2, 0) is 11.3 Å². The van der Waals surface area contributed by atoms with E-state index >= 15 is 0 Å². The van der Waals surface area contributed by atoms with Gasteiger partial charge in [0.2, 0.25) is 11.9 Å². The van der Waals surface area contributed by atoms with Gasteiger partial charge in [-0.05, 0) is 38.3 Å². The third-order valence-corrected chi connectivity index (χ3v) is 5.93. The Kier molecular flexibility index (Phi) is 7.82. The first-order valence-corrected chi connectivity index (χ1v) is 11.3. The maximum absolute atomic E-state index is 12.3. The molecule has 1 N–H and O–H groups in total. The highest BCUT2D eigenvalue weighted by molar-refractivity contribution is 7.99. The fraction of sp³-hybridized carbons (Fsp3) is 0.650. The number of unbranched alkanes of at least 4 members (excludes halogenated alkanes) is 2. The van der Waals surface area contributed by atoms with Gasteiger partial charge in [-0.1, -0.05) is 37.9 Å². The second-order valence-corrected chi connectivity index (χ2v) is 8.34. The molecule has 0 aliphatic carbocycles. The molecule has 0 aromatic carbocycles. The lowest BCUT2D eigenvalue weighted by Crippen LogP contribution is -2.33. The number of hydrogen-bond donors (Lipinski definition) is 1. The summed E-state index contributed by atoms with van der Waals surface area (Å²) >= 11 is 1.44. The number of carbonyl (C=O) groups is 1. The van der Waals surface area contributed by atoms with E-state index in [0.717, 1.165) is 42.8 Å². The maximum atomic E-state index is 12.3. The highest BCUT2D eigenvalue weighted by Gasteiger charge is 2.22. The molecule has 154 valence electrons. The summed E-state index contributed by atoms with van der Waals surface area (Å²) in [5.41, 5.74) is 0. The normalized spacial score (nSPS) is 15.1. The molecule has 1 aliphatic heterocycles.